The van der Waals surface area contributed by atoms with Crippen molar-refractivity contribution < 1.29 is 9.53 Å². The van der Waals surface area contributed by atoms with Crippen molar-refractivity contribution in [2.75, 3.05) is 19.1 Å². The van der Waals surface area contributed by atoms with Gasteiger partial charge in [0.05, 0.1) is 13.5 Å². The fourth-order valence-corrected chi connectivity index (χ4v) is 2.44. The van der Waals surface area contributed by atoms with Gasteiger partial charge < -0.3 is 9.64 Å². The predicted octanol–water partition coefficient (Wildman–Crippen LogP) is 3.35. The van der Waals surface area contributed by atoms with E-state index in [1.807, 2.05) is 30.3 Å². The van der Waals surface area contributed by atoms with E-state index >= 15 is 0 Å². The van der Waals surface area contributed by atoms with Crippen molar-refractivity contribution in [1.29, 1.82) is 0 Å². The fraction of sp³-hybridized carbons (Fsp3) is 0.278. The lowest BCUT2D eigenvalue weighted by atomic mass is 10.0. The highest BCUT2D eigenvalue weighted by Gasteiger charge is 2.10. The smallest absolute Gasteiger partial charge is 0.309 e. The number of para-hydroxylation sites is 1. The summed E-state index contributed by atoms with van der Waals surface area (Å²) in [5.41, 5.74) is 4.61. The number of anilines is 1. The molecule has 2 rings (SSSR count). The van der Waals surface area contributed by atoms with Crippen LogP contribution in [0.15, 0.2) is 48.5 Å². The average molecular weight is 283 g/mol. The number of benzene rings is 2. The third kappa shape index (κ3) is 3.85. The van der Waals surface area contributed by atoms with E-state index in [0.29, 0.717) is 6.42 Å². The quantitative estimate of drug-likeness (QED) is 0.788. The molecule has 0 heterocycles. The number of carbonyl (C=O) groups is 1. The summed E-state index contributed by atoms with van der Waals surface area (Å²) >= 11 is 0. The van der Waals surface area contributed by atoms with Crippen LogP contribution in [0.3, 0.4) is 0 Å². The number of carbonyl (C=O) groups excluding carboxylic acids is 1. The molecule has 0 aromatic heterocycles. The molecular weight excluding hydrogens is 262 g/mol. The van der Waals surface area contributed by atoms with Crippen molar-refractivity contribution in [3.63, 3.8) is 0 Å². The molecule has 0 radical (unpaired) electrons. The minimum Gasteiger partial charge on any atom is -0.469 e. The molecule has 0 atom stereocenters. The van der Waals surface area contributed by atoms with Crippen LogP contribution >= 0.6 is 0 Å². The maximum Gasteiger partial charge on any atom is 0.309 e. The lowest BCUT2D eigenvalue weighted by Crippen LogP contribution is -2.19. The van der Waals surface area contributed by atoms with Crippen molar-refractivity contribution in [1.82, 2.24) is 0 Å². The number of hydrogen-bond acceptors (Lipinski definition) is 3. The van der Waals surface area contributed by atoms with E-state index in [1.165, 1.54) is 18.4 Å². The van der Waals surface area contributed by atoms with Gasteiger partial charge in [-0.2, -0.15) is 0 Å². The van der Waals surface area contributed by atoms with Crippen molar-refractivity contribution in [2.24, 2.45) is 0 Å². The first-order valence-electron chi connectivity index (χ1n) is 7.02. The molecule has 0 bridgehead atoms. The molecule has 0 spiro atoms. The standard InChI is InChI=1S/C18H21NO2/c1-14-8-4-7-11-17(14)19(2)13-16-10-6-5-9-15(16)12-18(20)21-3/h4-11H,12-13H2,1-3H3. The van der Waals surface area contributed by atoms with E-state index < -0.39 is 0 Å². The summed E-state index contributed by atoms with van der Waals surface area (Å²) in [5, 5.41) is 0. The molecule has 0 saturated carbocycles. The molecule has 3 nitrogen and oxygen atoms in total. The zero-order valence-electron chi connectivity index (χ0n) is 12.8. The predicted molar refractivity (Wildman–Crippen MR) is 85.4 cm³/mol. The Balaban J connectivity index is 2.19. The van der Waals surface area contributed by atoms with Crippen LogP contribution in [0.1, 0.15) is 16.7 Å². The molecule has 21 heavy (non-hydrogen) atoms. The van der Waals surface area contributed by atoms with E-state index in [4.69, 9.17) is 4.74 Å². The fourth-order valence-electron chi connectivity index (χ4n) is 2.44. The van der Waals surface area contributed by atoms with Crippen molar-refractivity contribution in [3.05, 3.63) is 65.2 Å². The van der Waals surface area contributed by atoms with E-state index in [2.05, 4.69) is 37.1 Å². The Morgan fingerprint density at radius 1 is 1.05 bits per heavy atom. The summed E-state index contributed by atoms with van der Waals surface area (Å²) in [6, 6.07) is 16.3. The zero-order chi connectivity index (χ0) is 15.2. The van der Waals surface area contributed by atoms with Gasteiger partial charge in [-0.15, -0.1) is 0 Å². The van der Waals surface area contributed by atoms with Gasteiger partial charge >= 0.3 is 5.97 Å². The van der Waals surface area contributed by atoms with E-state index in [0.717, 1.165) is 17.7 Å². The highest BCUT2D eigenvalue weighted by molar-refractivity contribution is 5.73. The molecule has 2 aromatic rings. The van der Waals surface area contributed by atoms with Crippen LogP contribution in [0.2, 0.25) is 0 Å². The van der Waals surface area contributed by atoms with Crippen LogP contribution in [0, 0.1) is 6.92 Å². The molecule has 110 valence electrons. The second-order valence-electron chi connectivity index (χ2n) is 5.16. The molecule has 0 unspecified atom stereocenters. The Labute approximate surface area is 126 Å². The van der Waals surface area contributed by atoms with Gasteiger partial charge in [-0.3, -0.25) is 4.79 Å². The molecule has 0 aliphatic carbocycles. The Morgan fingerprint density at radius 3 is 2.33 bits per heavy atom. The zero-order valence-corrected chi connectivity index (χ0v) is 12.8. The SMILES string of the molecule is COC(=O)Cc1ccccc1CN(C)c1ccccc1C. The van der Waals surface area contributed by atoms with Crippen molar-refractivity contribution >= 4 is 11.7 Å². The van der Waals surface area contributed by atoms with Crippen LogP contribution in [0.4, 0.5) is 5.69 Å². The topological polar surface area (TPSA) is 29.5 Å². The van der Waals surface area contributed by atoms with Gasteiger partial charge in [0.2, 0.25) is 0 Å². The maximum absolute atomic E-state index is 11.5. The largest absolute Gasteiger partial charge is 0.469 e. The van der Waals surface area contributed by atoms with Crippen LogP contribution in [0.5, 0.6) is 0 Å². The summed E-state index contributed by atoms with van der Waals surface area (Å²) in [6.07, 6.45) is 0.314. The number of ether oxygens (including phenoxy) is 1. The van der Waals surface area contributed by atoms with E-state index in [1.54, 1.807) is 0 Å². The highest BCUT2D eigenvalue weighted by Crippen LogP contribution is 2.21. The number of nitrogens with zero attached hydrogens (tertiary/aromatic N) is 1. The van der Waals surface area contributed by atoms with Crippen LogP contribution in [-0.2, 0) is 22.5 Å². The van der Waals surface area contributed by atoms with Crippen LogP contribution < -0.4 is 4.90 Å². The van der Waals surface area contributed by atoms with Gasteiger partial charge in [-0.1, -0.05) is 42.5 Å². The monoisotopic (exact) mass is 283 g/mol. The lowest BCUT2D eigenvalue weighted by molar-refractivity contribution is -0.139. The normalized spacial score (nSPS) is 10.2. The summed E-state index contributed by atoms with van der Waals surface area (Å²) in [5.74, 6) is -0.207. The van der Waals surface area contributed by atoms with Crippen LogP contribution in [-0.4, -0.2) is 20.1 Å². The Hall–Kier alpha value is -2.29. The second kappa shape index (κ2) is 6.93. The van der Waals surface area contributed by atoms with Crippen LogP contribution in [0.25, 0.3) is 0 Å². The first kappa shape index (κ1) is 15.1. The first-order valence-corrected chi connectivity index (χ1v) is 7.02. The summed E-state index contributed by atoms with van der Waals surface area (Å²) in [6.45, 7) is 2.87. The molecule has 0 amide bonds. The van der Waals surface area contributed by atoms with Gasteiger partial charge in [0.25, 0.3) is 0 Å². The highest BCUT2D eigenvalue weighted by atomic mass is 16.5. The summed E-state index contributed by atoms with van der Waals surface area (Å²) < 4.78 is 4.77. The number of aryl methyl sites for hydroxylation is 1. The molecule has 0 saturated heterocycles. The second-order valence-corrected chi connectivity index (χ2v) is 5.16. The van der Waals surface area contributed by atoms with Gasteiger partial charge in [0.1, 0.15) is 0 Å². The average Bonchev–Trinajstić information content (AvgIpc) is 2.49. The Kier molecular flexibility index (Phi) is 4.99. The molecule has 0 aliphatic rings. The minimum absolute atomic E-state index is 0.207. The third-order valence-electron chi connectivity index (χ3n) is 3.62. The molecule has 2 aromatic carbocycles. The number of esters is 1. The first-order chi connectivity index (χ1) is 10.1. The molecular formula is C18H21NO2. The van der Waals surface area contributed by atoms with E-state index in [-0.39, 0.29) is 5.97 Å². The maximum atomic E-state index is 11.5. The third-order valence-corrected chi connectivity index (χ3v) is 3.62. The minimum atomic E-state index is -0.207. The summed E-state index contributed by atoms with van der Waals surface area (Å²) in [4.78, 5) is 13.7. The molecule has 0 fully saturated rings. The van der Waals surface area contributed by atoms with Gasteiger partial charge in [0.15, 0.2) is 0 Å². The number of rotatable bonds is 5. The Bertz CT molecular complexity index is 622. The van der Waals surface area contributed by atoms with Gasteiger partial charge in [-0.05, 0) is 29.7 Å². The van der Waals surface area contributed by atoms with Crippen molar-refractivity contribution in [3.8, 4) is 0 Å². The lowest BCUT2D eigenvalue weighted by Gasteiger charge is -2.22. The molecule has 3 heteroatoms. The number of hydrogen-bond donors (Lipinski definition) is 0. The van der Waals surface area contributed by atoms with E-state index in [9.17, 15) is 4.79 Å². The van der Waals surface area contributed by atoms with Crippen molar-refractivity contribution in [2.45, 2.75) is 19.9 Å². The number of methoxy groups -OCH3 is 1. The Morgan fingerprint density at radius 2 is 1.67 bits per heavy atom. The van der Waals surface area contributed by atoms with Gasteiger partial charge in [-0.25, -0.2) is 0 Å². The molecule has 0 aliphatic heterocycles. The summed E-state index contributed by atoms with van der Waals surface area (Å²) in [7, 11) is 3.49. The molecule has 0 N–H and O–H groups in total. The van der Waals surface area contributed by atoms with Gasteiger partial charge in [0, 0.05) is 19.3 Å².